The van der Waals surface area contributed by atoms with E-state index < -0.39 is 0 Å². The molecule has 0 saturated heterocycles. The zero-order chi connectivity index (χ0) is 14.7. The molecule has 4 nitrogen and oxygen atoms in total. The van der Waals surface area contributed by atoms with E-state index in [0.29, 0.717) is 29.6 Å². The second kappa shape index (κ2) is 6.59. The summed E-state index contributed by atoms with van der Waals surface area (Å²) in [5, 5.41) is 12.3. The van der Waals surface area contributed by atoms with Gasteiger partial charge in [-0.2, -0.15) is 0 Å². The van der Waals surface area contributed by atoms with E-state index in [0.717, 1.165) is 29.3 Å². The van der Waals surface area contributed by atoms with Gasteiger partial charge in [0.15, 0.2) is 0 Å². The van der Waals surface area contributed by atoms with Gasteiger partial charge in [-0.1, -0.05) is 22.4 Å². The molecule has 0 spiro atoms. The number of hydrogen-bond acceptors (Lipinski definition) is 3. The Balaban J connectivity index is 2.02. The highest BCUT2D eigenvalue weighted by Crippen LogP contribution is 2.30. The highest BCUT2D eigenvalue weighted by Gasteiger charge is 2.27. The molecule has 1 aromatic carbocycles. The minimum Gasteiger partial charge on any atom is -0.398 e. The first-order chi connectivity index (χ1) is 9.52. The van der Waals surface area contributed by atoms with Crippen molar-refractivity contribution in [3.05, 3.63) is 27.7 Å². The highest BCUT2D eigenvalue weighted by molar-refractivity contribution is 9.10. The topological polar surface area (TPSA) is 75.4 Å². The van der Waals surface area contributed by atoms with Crippen LogP contribution in [-0.2, 0) is 0 Å². The lowest BCUT2D eigenvalue weighted by Crippen LogP contribution is -2.32. The Labute approximate surface area is 127 Å². The SMILES string of the molecule is Cc1c(N)cc(Br)cc1C(=O)NCC1CCCC1CO. The summed E-state index contributed by atoms with van der Waals surface area (Å²) >= 11 is 3.36. The van der Waals surface area contributed by atoms with Crippen molar-refractivity contribution in [2.45, 2.75) is 26.2 Å². The first-order valence-electron chi connectivity index (χ1n) is 6.97. The van der Waals surface area contributed by atoms with Crippen LogP contribution in [0.15, 0.2) is 16.6 Å². The van der Waals surface area contributed by atoms with Gasteiger partial charge in [-0.25, -0.2) is 0 Å². The van der Waals surface area contributed by atoms with Gasteiger partial charge in [0, 0.05) is 28.9 Å². The number of aliphatic hydroxyl groups excluding tert-OH is 1. The number of halogens is 1. The van der Waals surface area contributed by atoms with Crippen molar-refractivity contribution in [2.75, 3.05) is 18.9 Å². The third kappa shape index (κ3) is 3.33. The average Bonchev–Trinajstić information content (AvgIpc) is 2.87. The van der Waals surface area contributed by atoms with Gasteiger partial charge in [0.05, 0.1) is 0 Å². The molecular formula is C15H21BrN2O2. The Kier molecular flexibility index (Phi) is 5.05. The first-order valence-corrected chi connectivity index (χ1v) is 7.77. The van der Waals surface area contributed by atoms with Crippen molar-refractivity contribution in [1.82, 2.24) is 5.32 Å². The molecule has 2 unspecified atom stereocenters. The van der Waals surface area contributed by atoms with Crippen molar-refractivity contribution in [3.8, 4) is 0 Å². The van der Waals surface area contributed by atoms with Gasteiger partial charge in [-0.05, 0) is 49.3 Å². The van der Waals surface area contributed by atoms with Crippen LogP contribution in [-0.4, -0.2) is 24.2 Å². The summed E-state index contributed by atoms with van der Waals surface area (Å²) in [6, 6.07) is 3.59. The van der Waals surface area contributed by atoms with Crippen molar-refractivity contribution in [3.63, 3.8) is 0 Å². The molecule has 0 aromatic heterocycles. The number of nitrogens with one attached hydrogen (secondary N) is 1. The number of anilines is 1. The van der Waals surface area contributed by atoms with Crippen LogP contribution in [0.1, 0.15) is 35.2 Å². The fraction of sp³-hybridized carbons (Fsp3) is 0.533. The molecule has 0 radical (unpaired) electrons. The molecule has 20 heavy (non-hydrogen) atoms. The third-order valence-corrected chi connectivity index (χ3v) is 4.69. The molecule has 2 rings (SSSR count). The van der Waals surface area contributed by atoms with Gasteiger partial charge in [0.1, 0.15) is 0 Å². The molecule has 1 aromatic rings. The first kappa shape index (κ1) is 15.3. The molecule has 1 fully saturated rings. The minimum atomic E-state index is -0.0981. The lowest BCUT2D eigenvalue weighted by atomic mass is 9.96. The molecule has 0 bridgehead atoms. The maximum Gasteiger partial charge on any atom is 0.251 e. The minimum absolute atomic E-state index is 0.0981. The van der Waals surface area contributed by atoms with Gasteiger partial charge in [-0.3, -0.25) is 4.79 Å². The summed E-state index contributed by atoms with van der Waals surface area (Å²) in [5.74, 6) is 0.608. The molecule has 2 atom stereocenters. The van der Waals surface area contributed by atoms with E-state index in [4.69, 9.17) is 5.73 Å². The average molecular weight is 341 g/mol. The van der Waals surface area contributed by atoms with Gasteiger partial charge >= 0.3 is 0 Å². The molecule has 1 saturated carbocycles. The van der Waals surface area contributed by atoms with Gasteiger partial charge in [0.25, 0.3) is 5.91 Å². The van der Waals surface area contributed by atoms with Crippen LogP contribution in [0.4, 0.5) is 5.69 Å². The van der Waals surface area contributed by atoms with Crippen molar-refractivity contribution < 1.29 is 9.90 Å². The van der Waals surface area contributed by atoms with E-state index in [1.54, 1.807) is 12.1 Å². The van der Waals surface area contributed by atoms with Crippen molar-refractivity contribution in [2.24, 2.45) is 11.8 Å². The largest absolute Gasteiger partial charge is 0.398 e. The zero-order valence-electron chi connectivity index (χ0n) is 11.7. The van der Waals surface area contributed by atoms with E-state index >= 15 is 0 Å². The summed E-state index contributed by atoms with van der Waals surface area (Å²) in [5.41, 5.74) is 7.90. The van der Waals surface area contributed by atoms with Gasteiger partial charge < -0.3 is 16.2 Å². The maximum atomic E-state index is 12.3. The smallest absolute Gasteiger partial charge is 0.251 e. The van der Waals surface area contributed by atoms with Crippen LogP contribution in [0.25, 0.3) is 0 Å². The predicted octanol–water partition coefficient (Wildman–Crippen LogP) is 2.48. The summed E-state index contributed by atoms with van der Waals surface area (Å²) in [7, 11) is 0. The summed E-state index contributed by atoms with van der Waals surface area (Å²) in [6.45, 7) is 2.68. The number of rotatable bonds is 4. The molecule has 110 valence electrons. The maximum absolute atomic E-state index is 12.3. The summed E-state index contributed by atoms with van der Waals surface area (Å²) in [6.07, 6.45) is 3.26. The molecular weight excluding hydrogens is 320 g/mol. The molecule has 0 heterocycles. The van der Waals surface area contributed by atoms with Crippen molar-refractivity contribution in [1.29, 1.82) is 0 Å². The Bertz CT molecular complexity index is 505. The van der Waals surface area contributed by atoms with Crippen LogP contribution in [0, 0.1) is 18.8 Å². The van der Waals surface area contributed by atoms with Crippen LogP contribution in [0.3, 0.4) is 0 Å². The number of amides is 1. The molecule has 1 amide bonds. The predicted molar refractivity (Wildman–Crippen MR) is 83.5 cm³/mol. The highest BCUT2D eigenvalue weighted by atomic mass is 79.9. The second-order valence-electron chi connectivity index (χ2n) is 5.51. The Morgan fingerprint density at radius 3 is 2.85 bits per heavy atom. The number of nitrogens with two attached hydrogens (primary N) is 1. The zero-order valence-corrected chi connectivity index (χ0v) is 13.2. The second-order valence-corrected chi connectivity index (χ2v) is 6.43. The molecule has 0 aliphatic heterocycles. The van der Waals surface area contributed by atoms with Crippen LogP contribution in [0.2, 0.25) is 0 Å². The Morgan fingerprint density at radius 1 is 1.45 bits per heavy atom. The van der Waals surface area contributed by atoms with Gasteiger partial charge in [-0.15, -0.1) is 0 Å². The summed E-state index contributed by atoms with van der Waals surface area (Å²) < 4.78 is 0.805. The van der Waals surface area contributed by atoms with Crippen LogP contribution < -0.4 is 11.1 Å². The Morgan fingerprint density at radius 2 is 2.15 bits per heavy atom. The molecule has 1 aliphatic rings. The van der Waals surface area contributed by atoms with E-state index in [2.05, 4.69) is 21.2 Å². The molecule has 1 aliphatic carbocycles. The molecule has 4 N–H and O–H groups in total. The number of nitrogen functional groups attached to an aromatic ring is 1. The fourth-order valence-electron chi connectivity index (χ4n) is 2.88. The van der Waals surface area contributed by atoms with Crippen LogP contribution >= 0.6 is 15.9 Å². The standard InChI is InChI=1S/C15H21BrN2O2/c1-9-13(5-12(16)6-14(9)17)15(20)18-7-10-3-2-4-11(10)8-19/h5-6,10-11,19H,2-4,7-8,17H2,1H3,(H,18,20). The number of benzene rings is 1. The van der Waals surface area contributed by atoms with Gasteiger partial charge in [0.2, 0.25) is 0 Å². The van der Waals surface area contributed by atoms with E-state index in [9.17, 15) is 9.90 Å². The fourth-order valence-corrected chi connectivity index (χ4v) is 3.35. The quantitative estimate of drug-likeness (QED) is 0.737. The lowest BCUT2D eigenvalue weighted by Gasteiger charge is -2.18. The third-order valence-electron chi connectivity index (χ3n) is 4.23. The summed E-state index contributed by atoms with van der Waals surface area (Å²) in [4.78, 5) is 12.3. The lowest BCUT2D eigenvalue weighted by molar-refractivity contribution is 0.0937. The number of carbonyl (C=O) groups is 1. The normalized spacial score (nSPS) is 21.9. The molecule has 5 heteroatoms. The van der Waals surface area contributed by atoms with Crippen LogP contribution in [0.5, 0.6) is 0 Å². The number of aliphatic hydroxyl groups is 1. The van der Waals surface area contributed by atoms with E-state index in [1.807, 2.05) is 6.92 Å². The monoisotopic (exact) mass is 340 g/mol. The number of carbonyl (C=O) groups excluding carboxylic acids is 1. The van der Waals surface area contributed by atoms with Crippen molar-refractivity contribution >= 4 is 27.5 Å². The Hall–Kier alpha value is -1.07. The van der Waals surface area contributed by atoms with E-state index in [-0.39, 0.29) is 12.5 Å². The number of hydrogen-bond donors (Lipinski definition) is 3. The van der Waals surface area contributed by atoms with E-state index in [1.165, 1.54) is 0 Å².